The summed E-state index contributed by atoms with van der Waals surface area (Å²) < 4.78 is 11.1. The third-order valence-electron chi connectivity index (χ3n) is 4.59. The predicted octanol–water partition coefficient (Wildman–Crippen LogP) is 2.14. The maximum Gasteiger partial charge on any atom is 0.122 e. The largest absolute Gasteiger partial charge is 0.491 e. The van der Waals surface area contributed by atoms with Gasteiger partial charge in [-0.2, -0.15) is 0 Å². The first kappa shape index (κ1) is 16.3. The average Bonchev–Trinajstić information content (AvgIpc) is 2.45. The Labute approximate surface area is 127 Å². The minimum Gasteiger partial charge on any atom is -0.491 e. The zero-order chi connectivity index (χ0) is 15.5. The quantitative estimate of drug-likeness (QED) is 0.809. The van der Waals surface area contributed by atoms with E-state index in [-0.39, 0.29) is 5.41 Å². The van der Waals surface area contributed by atoms with Gasteiger partial charge in [0.1, 0.15) is 18.5 Å². The summed E-state index contributed by atoms with van der Waals surface area (Å²) in [5.41, 5.74) is 1.20. The molecule has 2 N–H and O–H groups in total. The third kappa shape index (κ3) is 3.76. The van der Waals surface area contributed by atoms with Gasteiger partial charge in [-0.15, -0.1) is 0 Å². The fourth-order valence-corrected chi connectivity index (χ4v) is 2.87. The lowest BCUT2D eigenvalue weighted by molar-refractivity contribution is -0.0996. The summed E-state index contributed by atoms with van der Waals surface area (Å²) in [5.74, 6) is 0.833. The summed E-state index contributed by atoms with van der Waals surface area (Å²) in [4.78, 5) is 0. The number of methoxy groups -OCH3 is 1. The molecular weight excluding hydrogens is 266 g/mol. The van der Waals surface area contributed by atoms with E-state index in [1.54, 1.807) is 7.11 Å². The van der Waals surface area contributed by atoms with Crippen molar-refractivity contribution < 1.29 is 14.6 Å². The lowest BCUT2D eigenvalue weighted by Gasteiger charge is -2.51. The second-order valence-corrected chi connectivity index (χ2v) is 6.47. The normalized spacial score (nSPS) is 25.2. The lowest BCUT2D eigenvalue weighted by Crippen LogP contribution is -2.61. The van der Waals surface area contributed by atoms with Crippen LogP contribution in [0, 0.1) is 12.3 Å². The highest BCUT2D eigenvalue weighted by molar-refractivity contribution is 5.31. The van der Waals surface area contributed by atoms with Crippen LogP contribution in [-0.2, 0) is 4.74 Å². The second kappa shape index (κ2) is 6.77. The van der Waals surface area contributed by atoms with Gasteiger partial charge in [-0.05, 0) is 25.0 Å². The van der Waals surface area contributed by atoms with Crippen molar-refractivity contribution in [2.45, 2.75) is 45.4 Å². The minimum atomic E-state index is -0.512. The van der Waals surface area contributed by atoms with Gasteiger partial charge in [0.15, 0.2) is 0 Å². The molecule has 0 heterocycles. The fraction of sp³-hybridized carbons (Fsp3) is 0.647. The Bertz CT molecular complexity index is 461. The molecule has 1 aromatic carbocycles. The summed E-state index contributed by atoms with van der Waals surface area (Å²) >= 11 is 0. The van der Waals surface area contributed by atoms with Crippen LogP contribution in [0.2, 0.25) is 0 Å². The van der Waals surface area contributed by atoms with Crippen LogP contribution in [0.3, 0.4) is 0 Å². The van der Waals surface area contributed by atoms with E-state index in [9.17, 15) is 5.11 Å². The number of hydrogen-bond acceptors (Lipinski definition) is 4. The molecule has 1 saturated carbocycles. The van der Waals surface area contributed by atoms with Gasteiger partial charge < -0.3 is 19.9 Å². The van der Waals surface area contributed by atoms with Crippen molar-refractivity contribution >= 4 is 0 Å². The molecule has 21 heavy (non-hydrogen) atoms. The van der Waals surface area contributed by atoms with Gasteiger partial charge in [-0.1, -0.05) is 32.0 Å². The molecule has 3 unspecified atom stereocenters. The number of hydrogen-bond donors (Lipinski definition) is 2. The summed E-state index contributed by atoms with van der Waals surface area (Å²) in [6.07, 6.45) is 0.784. The third-order valence-corrected chi connectivity index (χ3v) is 4.59. The first-order valence-corrected chi connectivity index (χ1v) is 7.57. The minimum absolute atomic E-state index is 0.116. The summed E-state index contributed by atoms with van der Waals surface area (Å²) in [6, 6.07) is 8.23. The van der Waals surface area contributed by atoms with E-state index in [2.05, 4.69) is 19.2 Å². The van der Waals surface area contributed by atoms with Gasteiger partial charge in [-0.3, -0.25) is 0 Å². The molecule has 0 amide bonds. The molecule has 0 saturated heterocycles. The van der Waals surface area contributed by atoms with Crippen molar-refractivity contribution in [3.63, 3.8) is 0 Å². The Kier molecular flexibility index (Phi) is 5.25. The molecule has 4 heteroatoms. The SMILES string of the molecule is COC1CC(NCC(O)COc2ccccc2C)C1(C)C. The van der Waals surface area contributed by atoms with Crippen LogP contribution in [0.25, 0.3) is 0 Å². The fourth-order valence-electron chi connectivity index (χ4n) is 2.87. The Hall–Kier alpha value is -1.10. The molecule has 118 valence electrons. The van der Waals surface area contributed by atoms with Gasteiger partial charge in [0.2, 0.25) is 0 Å². The van der Waals surface area contributed by atoms with Crippen molar-refractivity contribution in [3.05, 3.63) is 29.8 Å². The number of rotatable bonds is 7. The highest BCUT2D eigenvalue weighted by Gasteiger charge is 2.48. The molecule has 3 atom stereocenters. The molecule has 0 radical (unpaired) electrons. The van der Waals surface area contributed by atoms with Crippen LogP contribution in [0.5, 0.6) is 5.75 Å². The number of nitrogens with one attached hydrogen (secondary N) is 1. The number of ether oxygens (including phenoxy) is 2. The number of aliphatic hydroxyl groups excluding tert-OH is 1. The molecule has 4 nitrogen and oxygen atoms in total. The molecule has 1 aliphatic carbocycles. The number of aliphatic hydroxyl groups is 1. The van der Waals surface area contributed by atoms with Crippen LogP contribution in [0.4, 0.5) is 0 Å². The smallest absolute Gasteiger partial charge is 0.122 e. The average molecular weight is 293 g/mol. The molecule has 0 bridgehead atoms. The summed E-state index contributed by atoms with van der Waals surface area (Å²) in [5, 5.41) is 13.5. The molecule has 2 rings (SSSR count). The van der Waals surface area contributed by atoms with Gasteiger partial charge in [0, 0.05) is 25.1 Å². The second-order valence-electron chi connectivity index (χ2n) is 6.47. The van der Waals surface area contributed by atoms with Crippen LogP contribution in [-0.4, -0.2) is 43.6 Å². The maximum atomic E-state index is 10.0. The molecule has 0 spiro atoms. The van der Waals surface area contributed by atoms with Gasteiger partial charge >= 0.3 is 0 Å². The van der Waals surface area contributed by atoms with E-state index >= 15 is 0 Å². The first-order chi connectivity index (χ1) is 9.95. The van der Waals surface area contributed by atoms with Crippen molar-refractivity contribution in [1.82, 2.24) is 5.32 Å². The van der Waals surface area contributed by atoms with E-state index in [0.29, 0.717) is 25.3 Å². The van der Waals surface area contributed by atoms with E-state index in [1.165, 1.54) is 0 Å². The van der Waals surface area contributed by atoms with Crippen molar-refractivity contribution in [2.75, 3.05) is 20.3 Å². The highest BCUT2D eigenvalue weighted by Crippen LogP contribution is 2.42. The number of benzene rings is 1. The Morgan fingerprint density at radius 1 is 1.38 bits per heavy atom. The van der Waals surface area contributed by atoms with Crippen molar-refractivity contribution in [2.24, 2.45) is 5.41 Å². The van der Waals surface area contributed by atoms with Crippen molar-refractivity contribution in [3.8, 4) is 5.75 Å². The molecule has 1 aliphatic rings. The molecular formula is C17H27NO3. The molecule has 1 aromatic rings. The summed E-state index contributed by atoms with van der Waals surface area (Å²) in [6.45, 7) is 7.23. The van der Waals surface area contributed by atoms with Gasteiger partial charge in [0.25, 0.3) is 0 Å². The van der Waals surface area contributed by atoms with Gasteiger partial charge in [0.05, 0.1) is 6.10 Å². The van der Waals surface area contributed by atoms with Crippen LogP contribution < -0.4 is 10.1 Å². The molecule has 0 aliphatic heterocycles. The van der Waals surface area contributed by atoms with E-state index in [1.807, 2.05) is 31.2 Å². The van der Waals surface area contributed by atoms with Crippen LogP contribution >= 0.6 is 0 Å². The van der Waals surface area contributed by atoms with Gasteiger partial charge in [-0.25, -0.2) is 0 Å². The lowest BCUT2D eigenvalue weighted by atomic mass is 9.64. The van der Waals surface area contributed by atoms with Crippen LogP contribution in [0.1, 0.15) is 25.8 Å². The monoisotopic (exact) mass is 293 g/mol. The van der Waals surface area contributed by atoms with Crippen LogP contribution in [0.15, 0.2) is 24.3 Å². The summed E-state index contributed by atoms with van der Waals surface area (Å²) in [7, 11) is 1.76. The maximum absolute atomic E-state index is 10.0. The first-order valence-electron chi connectivity index (χ1n) is 7.57. The number of aryl methyl sites for hydroxylation is 1. The Balaban J connectivity index is 1.71. The van der Waals surface area contributed by atoms with E-state index in [4.69, 9.17) is 9.47 Å². The molecule has 0 aromatic heterocycles. The highest BCUT2D eigenvalue weighted by atomic mass is 16.5. The zero-order valence-corrected chi connectivity index (χ0v) is 13.4. The van der Waals surface area contributed by atoms with E-state index < -0.39 is 6.10 Å². The Morgan fingerprint density at radius 2 is 2.10 bits per heavy atom. The standard InChI is InChI=1S/C17H27NO3/c1-12-7-5-6-8-14(12)21-11-13(19)10-18-15-9-16(20-4)17(15,2)3/h5-8,13,15-16,18-19H,9-11H2,1-4H3. The Morgan fingerprint density at radius 3 is 2.71 bits per heavy atom. The molecule has 1 fully saturated rings. The predicted molar refractivity (Wildman–Crippen MR) is 83.7 cm³/mol. The topological polar surface area (TPSA) is 50.7 Å². The number of para-hydroxylation sites is 1. The zero-order valence-electron chi connectivity index (χ0n) is 13.4. The van der Waals surface area contributed by atoms with Crippen molar-refractivity contribution in [1.29, 1.82) is 0 Å². The van der Waals surface area contributed by atoms with E-state index in [0.717, 1.165) is 17.7 Å².